The van der Waals surface area contributed by atoms with Gasteiger partial charge in [0, 0.05) is 38.8 Å². The molecule has 4 rings (SSSR count). The molecule has 3 heterocycles. The second-order valence-corrected chi connectivity index (χ2v) is 11.3. The zero-order valence-electron chi connectivity index (χ0n) is 23.6. The van der Waals surface area contributed by atoms with E-state index in [0.29, 0.717) is 45.3 Å². The van der Waals surface area contributed by atoms with E-state index in [-0.39, 0.29) is 36.9 Å². The molecule has 1 aromatic carbocycles. The SMILES string of the molecule is C=CCN(Cc1ccccc1)C(=O)[C@H]1[C@H]2C(=O)N(CCCO)C(C(=O)N(CC=C)C(C)C)C23CC[C@]1(CC)O3. The average Bonchev–Trinajstić information content (AvgIpc) is 3.53. The lowest BCUT2D eigenvalue weighted by Crippen LogP contribution is -2.57. The molecule has 39 heavy (non-hydrogen) atoms. The maximum atomic E-state index is 14.4. The van der Waals surface area contributed by atoms with Crippen molar-refractivity contribution in [3.63, 3.8) is 0 Å². The summed E-state index contributed by atoms with van der Waals surface area (Å²) in [5, 5.41) is 9.60. The predicted molar refractivity (Wildman–Crippen MR) is 149 cm³/mol. The standard InChI is InChI=1S/C31H43N3O5/c1-6-17-32(21-23-13-10-9-11-14-23)27(36)24-25-28(37)34(19-12-20-35)26(29(38)33(18-7-2)22(4)5)31(25)16-15-30(24,8-3)39-31/h6-7,9-11,13-14,22,24-26,35H,1-2,8,12,15-21H2,3-5H3/t24-,25+,26?,30+,31?/m1/s1. The van der Waals surface area contributed by atoms with Gasteiger partial charge in [0.1, 0.15) is 11.6 Å². The van der Waals surface area contributed by atoms with Gasteiger partial charge in [-0.05, 0) is 45.1 Å². The summed E-state index contributed by atoms with van der Waals surface area (Å²) in [5.74, 6) is -2.01. The van der Waals surface area contributed by atoms with Crippen LogP contribution in [0.2, 0.25) is 0 Å². The molecular formula is C31H43N3O5. The van der Waals surface area contributed by atoms with Crippen molar-refractivity contribution >= 4 is 17.7 Å². The van der Waals surface area contributed by atoms with E-state index in [1.165, 1.54) is 0 Å². The number of hydrogen-bond acceptors (Lipinski definition) is 5. The molecule has 5 atom stereocenters. The Hall–Kier alpha value is -2.97. The van der Waals surface area contributed by atoms with Crippen LogP contribution in [-0.4, -0.2) is 87.1 Å². The zero-order chi connectivity index (χ0) is 28.4. The number of ether oxygens (including phenoxy) is 1. The number of fused-ring (bicyclic) bond motifs is 1. The molecule has 0 radical (unpaired) electrons. The van der Waals surface area contributed by atoms with Crippen LogP contribution in [-0.2, 0) is 25.7 Å². The number of carbonyl (C=O) groups is 3. The largest absolute Gasteiger partial charge is 0.396 e. The number of rotatable bonds is 13. The molecule has 0 saturated carbocycles. The van der Waals surface area contributed by atoms with Gasteiger partial charge in [-0.1, -0.05) is 49.4 Å². The Morgan fingerprint density at radius 3 is 2.44 bits per heavy atom. The van der Waals surface area contributed by atoms with Crippen LogP contribution in [0.15, 0.2) is 55.6 Å². The van der Waals surface area contributed by atoms with Crippen molar-refractivity contribution in [2.24, 2.45) is 11.8 Å². The summed E-state index contributed by atoms with van der Waals surface area (Å²) in [4.78, 5) is 47.9. The number of nitrogens with zero attached hydrogens (tertiary/aromatic N) is 3. The highest BCUT2D eigenvalue weighted by molar-refractivity contribution is 5.99. The molecule has 0 aliphatic carbocycles. The van der Waals surface area contributed by atoms with Gasteiger partial charge < -0.3 is 24.5 Å². The van der Waals surface area contributed by atoms with Gasteiger partial charge in [-0.2, -0.15) is 0 Å². The first-order chi connectivity index (χ1) is 18.7. The molecule has 1 N–H and O–H groups in total. The molecule has 8 nitrogen and oxygen atoms in total. The third-order valence-corrected chi connectivity index (χ3v) is 8.85. The Morgan fingerprint density at radius 1 is 1.15 bits per heavy atom. The average molecular weight is 538 g/mol. The summed E-state index contributed by atoms with van der Waals surface area (Å²) < 4.78 is 6.88. The minimum absolute atomic E-state index is 0.102. The second-order valence-electron chi connectivity index (χ2n) is 11.3. The van der Waals surface area contributed by atoms with Gasteiger partial charge in [0.05, 0.1) is 17.4 Å². The molecule has 3 aliphatic heterocycles. The van der Waals surface area contributed by atoms with Gasteiger partial charge in [0.2, 0.25) is 17.7 Å². The fraction of sp³-hybridized carbons (Fsp3) is 0.581. The molecule has 1 spiro atoms. The van der Waals surface area contributed by atoms with E-state index >= 15 is 0 Å². The molecule has 2 unspecified atom stereocenters. The van der Waals surface area contributed by atoms with Crippen molar-refractivity contribution in [2.45, 2.75) is 76.3 Å². The Kier molecular flexibility index (Phi) is 8.66. The van der Waals surface area contributed by atoms with Crippen LogP contribution in [0, 0.1) is 11.8 Å². The molecule has 3 fully saturated rings. The molecule has 3 saturated heterocycles. The van der Waals surface area contributed by atoms with Crippen LogP contribution in [0.25, 0.3) is 0 Å². The molecule has 212 valence electrons. The van der Waals surface area contributed by atoms with Gasteiger partial charge in [-0.25, -0.2) is 0 Å². The third kappa shape index (κ3) is 4.82. The molecular weight excluding hydrogens is 494 g/mol. The van der Waals surface area contributed by atoms with Gasteiger partial charge in [0.15, 0.2) is 0 Å². The van der Waals surface area contributed by atoms with E-state index in [0.717, 1.165) is 5.56 Å². The number of aliphatic hydroxyl groups excluding tert-OH is 1. The van der Waals surface area contributed by atoms with Crippen molar-refractivity contribution in [3.8, 4) is 0 Å². The molecule has 2 bridgehead atoms. The Balaban J connectivity index is 1.77. The molecule has 1 aromatic rings. The number of benzene rings is 1. The van der Waals surface area contributed by atoms with E-state index in [2.05, 4.69) is 13.2 Å². The minimum Gasteiger partial charge on any atom is -0.396 e. The van der Waals surface area contributed by atoms with Crippen LogP contribution in [0.1, 0.15) is 52.0 Å². The van der Waals surface area contributed by atoms with E-state index in [9.17, 15) is 19.5 Å². The monoisotopic (exact) mass is 537 g/mol. The molecule has 3 aliphatic rings. The van der Waals surface area contributed by atoms with Crippen LogP contribution >= 0.6 is 0 Å². The quantitative estimate of drug-likeness (QED) is 0.391. The summed E-state index contributed by atoms with van der Waals surface area (Å²) >= 11 is 0. The van der Waals surface area contributed by atoms with Crippen LogP contribution in [0.3, 0.4) is 0 Å². The van der Waals surface area contributed by atoms with Gasteiger partial charge in [-0.15, -0.1) is 13.2 Å². The van der Waals surface area contributed by atoms with Crippen molar-refractivity contribution in [3.05, 3.63) is 61.2 Å². The Morgan fingerprint density at radius 2 is 1.85 bits per heavy atom. The number of aliphatic hydroxyl groups is 1. The van der Waals surface area contributed by atoms with E-state index in [1.54, 1.807) is 26.9 Å². The van der Waals surface area contributed by atoms with Crippen molar-refractivity contribution in [1.29, 1.82) is 0 Å². The highest BCUT2D eigenvalue weighted by atomic mass is 16.5. The normalized spacial score (nSPS) is 29.0. The van der Waals surface area contributed by atoms with Gasteiger partial charge in [0.25, 0.3) is 0 Å². The Bertz CT molecular complexity index is 1090. The van der Waals surface area contributed by atoms with Gasteiger partial charge >= 0.3 is 0 Å². The van der Waals surface area contributed by atoms with Crippen LogP contribution in [0.5, 0.6) is 0 Å². The van der Waals surface area contributed by atoms with Crippen molar-refractivity contribution < 1.29 is 24.2 Å². The maximum absolute atomic E-state index is 14.4. The van der Waals surface area contributed by atoms with Crippen molar-refractivity contribution in [1.82, 2.24) is 14.7 Å². The fourth-order valence-corrected chi connectivity index (χ4v) is 7.09. The second kappa shape index (κ2) is 11.6. The van der Waals surface area contributed by atoms with E-state index in [1.807, 2.05) is 51.1 Å². The first kappa shape index (κ1) is 29.0. The lowest BCUT2D eigenvalue weighted by Gasteiger charge is -2.38. The number of likely N-dealkylation sites (tertiary alicyclic amines) is 1. The summed E-state index contributed by atoms with van der Waals surface area (Å²) in [6, 6.07) is 8.81. The highest BCUT2D eigenvalue weighted by Gasteiger charge is 2.79. The summed E-state index contributed by atoms with van der Waals surface area (Å²) in [7, 11) is 0. The first-order valence-corrected chi connectivity index (χ1v) is 14.2. The lowest BCUT2D eigenvalue weighted by molar-refractivity contribution is -0.156. The smallest absolute Gasteiger partial charge is 0.248 e. The van der Waals surface area contributed by atoms with Gasteiger partial charge in [-0.3, -0.25) is 14.4 Å². The summed E-state index contributed by atoms with van der Waals surface area (Å²) in [6.07, 6.45) is 5.45. The first-order valence-electron chi connectivity index (χ1n) is 14.2. The molecule has 3 amide bonds. The minimum atomic E-state index is -1.08. The lowest BCUT2D eigenvalue weighted by atomic mass is 9.64. The molecule has 8 heteroatoms. The maximum Gasteiger partial charge on any atom is 0.248 e. The topological polar surface area (TPSA) is 90.4 Å². The highest BCUT2D eigenvalue weighted by Crippen LogP contribution is 2.64. The molecule has 0 aromatic heterocycles. The van der Waals surface area contributed by atoms with Crippen LogP contribution in [0.4, 0.5) is 0 Å². The van der Waals surface area contributed by atoms with E-state index in [4.69, 9.17) is 4.74 Å². The fourth-order valence-electron chi connectivity index (χ4n) is 7.09. The van der Waals surface area contributed by atoms with Crippen LogP contribution < -0.4 is 0 Å². The zero-order valence-corrected chi connectivity index (χ0v) is 23.6. The number of carbonyl (C=O) groups excluding carboxylic acids is 3. The van der Waals surface area contributed by atoms with E-state index < -0.39 is 29.1 Å². The van der Waals surface area contributed by atoms with Crippen molar-refractivity contribution in [2.75, 3.05) is 26.2 Å². The summed E-state index contributed by atoms with van der Waals surface area (Å²) in [6.45, 7) is 14.8. The summed E-state index contributed by atoms with van der Waals surface area (Å²) in [5.41, 5.74) is -0.902. The predicted octanol–water partition coefficient (Wildman–Crippen LogP) is 3.16. The number of hydrogen-bond donors (Lipinski definition) is 1. The number of amides is 3. The third-order valence-electron chi connectivity index (χ3n) is 8.85. The Labute approximate surface area is 232 Å².